The Labute approximate surface area is 173 Å². The molecule has 0 fully saturated rings. The maximum Gasteiger partial charge on any atom is 0.258 e. The van der Waals surface area contributed by atoms with Gasteiger partial charge in [-0.25, -0.2) is 0 Å². The van der Waals surface area contributed by atoms with Crippen LogP contribution in [0.15, 0.2) is 56.8 Å². The Balaban J connectivity index is 1.86. The van der Waals surface area contributed by atoms with Crippen molar-refractivity contribution < 1.29 is 4.79 Å². The first-order chi connectivity index (χ1) is 12.5. The largest absolute Gasteiger partial charge is 0.311 e. The number of hydrogen-bond donors (Lipinski definition) is 0. The number of nitrogens with zero attached hydrogens (tertiary/aromatic N) is 1. The maximum atomic E-state index is 12.8. The number of rotatable bonds is 2. The predicted molar refractivity (Wildman–Crippen MR) is 118 cm³/mol. The molecule has 1 aromatic heterocycles. The van der Waals surface area contributed by atoms with E-state index in [0.29, 0.717) is 0 Å². The predicted octanol–water partition coefficient (Wildman–Crippen LogP) is 6.77. The zero-order valence-electron chi connectivity index (χ0n) is 14.2. The summed E-state index contributed by atoms with van der Waals surface area (Å²) >= 11 is 8.88. The van der Waals surface area contributed by atoms with Crippen molar-refractivity contribution in [3.05, 3.63) is 73.5 Å². The van der Waals surface area contributed by atoms with Gasteiger partial charge >= 0.3 is 0 Å². The van der Waals surface area contributed by atoms with Crippen LogP contribution in [0.25, 0.3) is 22.1 Å². The number of anilines is 1. The number of carbonyl (C=O) groups is 1. The zero-order chi connectivity index (χ0) is 18.4. The maximum absolute atomic E-state index is 12.8. The third-order valence-electron chi connectivity index (χ3n) is 4.60. The Morgan fingerprint density at radius 1 is 1.08 bits per heavy atom. The average Bonchev–Trinajstić information content (AvgIpc) is 3.23. The van der Waals surface area contributed by atoms with Gasteiger partial charge < -0.3 is 4.90 Å². The van der Waals surface area contributed by atoms with E-state index in [1.807, 2.05) is 44.3 Å². The van der Waals surface area contributed by atoms with Gasteiger partial charge in [-0.05, 0) is 65.4 Å². The van der Waals surface area contributed by atoms with Crippen molar-refractivity contribution in [3.63, 3.8) is 0 Å². The highest BCUT2D eigenvalue weighted by molar-refractivity contribution is 9.11. The molecule has 0 N–H and O–H groups in total. The van der Waals surface area contributed by atoms with Crippen molar-refractivity contribution >= 4 is 66.4 Å². The van der Waals surface area contributed by atoms with Crippen LogP contribution in [0, 0.1) is 6.92 Å². The highest BCUT2D eigenvalue weighted by Crippen LogP contribution is 2.40. The number of halogens is 2. The molecular formula is C21H15Br2NOS. The van der Waals surface area contributed by atoms with E-state index in [-0.39, 0.29) is 5.91 Å². The summed E-state index contributed by atoms with van der Waals surface area (Å²) in [4.78, 5) is 15.8. The standard InChI is InChI=1S/C21H15Br2NOS/c1-12-17(22)9-13(10-18(12)23)8-16-15-11-14(20-4-3-7-26-20)5-6-19(15)24(2)21(16)25/h3-11H,1-2H3/b16-8-. The minimum absolute atomic E-state index is 0.0242. The van der Waals surface area contributed by atoms with E-state index < -0.39 is 0 Å². The number of carbonyl (C=O) groups excluding carboxylic acids is 1. The van der Waals surface area contributed by atoms with E-state index in [1.54, 1.807) is 16.2 Å². The second kappa shape index (κ2) is 6.80. The lowest BCUT2D eigenvalue weighted by atomic mass is 10.0. The molecule has 2 aromatic carbocycles. The Hall–Kier alpha value is -1.69. The fourth-order valence-corrected chi connectivity index (χ4v) is 5.05. The van der Waals surface area contributed by atoms with E-state index in [4.69, 9.17) is 0 Å². The summed E-state index contributed by atoms with van der Waals surface area (Å²) in [6, 6.07) is 14.5. The van der Waals surface area contributed by atoms with E-state index >= 15 is 0 Å². The molecule has 0 atom stereocenters. The lowest BCUT2D eigenvalue weighted by Crippen LogP contribution is -2.20. The minimum atomic E-state index is 0.0242. The molecule has 1 amide bonds. The SMILES string of the molecule is Cc1c(Br)cc(/C=C2\C(=O)N(C)c3ccc(-c4cccs4)cc32)cc1Br. The van der Waals surface area contributed by atoms with Crippen molar-refractivity contribution in [3.8, 4) is 10.4 Å². The van der Waals surface area contributed by atoms with Gasteiger partial charge in [0.25, 0.3) is 5.91 Å². The molecule has 1 aliphatic rings. The second-order valence-electron chi connectivity index (χ2n) is 6.24. The number of hydrogen-bond acceptors (Lipinski definition) is 2. The van der Waals surface area contributed by atoms with E-state index in [9.17, 15) is 4.79 Å². The van der Waals surface area contributed by atoms with E-state index in [1.165, 1.54) is 4.88 Å². The van der Waals surface area contributed by atoms with Gasteiger partial charge in [0, 0.05) is 32.0 Å². The molecule has 2 heterocycles. The van der Waals surface area contributed by atoms with Gasteiger partial charge in [0.05, 0.1) is 5.69 Å². The number of thiophene rings is 1. The van der Waals surface area contributed by atoms with Crippen LogP contribution in [-0.2, 0) is 4.79 Å². The molecule has 3 aromatic rings. The monoisotopic (exact) mass is 487 g/mol. The lowest BCUT2D eigenvalue weighted by Gasteiger charge is -2.09. The van der Waals surface area contributed by atoms with Crippen LogP contribution in [0.4, 0.5) is 5.69 Å². The molecule has 5 heteroatoms. The summed E-state index contributed by atoms with van der Waals surface area (Å²) in [5.41, 5.74) is 5.92. The fraction of sp³-hybridized carbons (Fsp3) is 0.0952. The Kier molecular flexibility index (Phi) is 4.63. The number of fused-ring (bicyclic) bond motifs is 1. The summed E-state index contributed by atoms with van der Waals surface area (Å²) in [7, 11) is 1.83. The van der Waals surface area contributed by atoms with Gasteiger partial charge in [-0.1, -0.05) is 44.0 Å². The molecule has 0 bridgehead atoms. The van der Waals surface area contributed by atoms with Gasteiger partial charge in [-0.15, -0.1) is 11.3 Å². The van der Waals surface area contributed by atoms with Gasteiger partial charge in [0.15, 0.2) is 0 Å². The lowest BCUT2D eigenvalue weighted by molar-refractivity contribution is -0.112. The van der Waals surface area contributed by atoms with Gasteiger partial charge in [0.2, 0.25) is 0 Å². The topological polar surface area (TPSA) is 20.3 Å². The van der Waals surface area contributed by atoms with Gasteiger partial charge in [-0.2, -0.15) is 0 Å². The third kappa shape index (κ3) is 2.98. The highest BCUT2D eigenvalue weighted by atomic mass is 79.9. The first kappa shape index (κ1) is 17.7. The van der Waals surface area contributed by atoms with Crippen molar-refractivity contribution in [1.82, 2.24) is 0 Å². The average molecular weight is 489 g/mol. The fourth-order valence-electron chi connectivity index (χ4n) is 3.10. The molecule has 1 aliphatic heterocycles. The van der Waals surface area contributed by atoms with Crippen molar-refractivity contribution in [1.29, 1.82) is 0 Å². The zero-order valence-corrected chi connectivity index (χ0v) is 18.2. The van der Waals surface area contributed by atoms with Gasteiger partial charge in [-0.3, -0.25) is 4.79 Å². The Bertz CT molecular complexity index is 1030. The molecule has 4 rings (SSSR count). The Morgan fingerprint density at radius 2 is 1.81 bits per heavy atom. The van der Waals surface area contributed by atoms with Crippen LogP contribution < -0.4 is 4.90 Å². The van der Waals surface area contributed by atoms with Crippen LogP contribution >= 0.6 is 43.2 Å². The summed E-state index contributed by atoms with van der Waals surface area (Å²) in [6.07, 6.45) is 1.97. The molecule has 0 unspecified atom stereocenters. The summed E-state index contributed by atoms with van der Waals surface area (Å²) in [5, 5.41) is 2.07. The van der Waals surface area contributed by atoms with Gasteiger partial charge in [0.1, 0.15) is 0 Å². The molecule has 130 valence electrons. The molecule has 0 radical (unpaired) electrons. The van der Waals surface area contributed by atoms with Crippen LogP contribution in [-0.4, -0.2) is 13.0 Å². The summed E-state index contributed by atoms with van der Waals surface area (Å²) in [6.45, 7) is 2.04. The molecule has 26 heavy (non-hydrogen) atoms. The molecule has 0 saturated heterocycles. The van der Waals surface area contributed by atoms with Crippen molar-refractivity contribution in [2.24, 2.45) is 0 Å². The second-order valence-corrected chi connectivity index (χ2v) is 8.90. The molecule has 0 spiro atoms. The van der Waals surface area contributed by atoms with E-state index in [0.717, 1.165) is 42.5 Å². The molecule has 2 nitrogen and oxygen atoms in total. The smallest absolute Gasteiger partial charge is 0.258 e. The summed E-state index contributed by atoms with van der Waals surface area (Å²) < 4.78 is 2.04. The molecule has 0 saturated carbocycles. The van der Waals surface area contributed by atoms with Crippen LogP contribution in [0.3, 0.4) is 0 Å². The first-order valence-corrected chi connectivity index (χ1v) is 10.6. The van der Waals surface area contributed by atoms with Crippen molar-refractivity contribution in [2.45, 2.75) is 6.92 Å². The molecular weight excluding hydrogens is 474 g/mol. The normalized spacial score (nSPS) is 15.0. The van der Waals surface area contributed by atoms with Crippen LogP contribution in [0.2, 0.25) is 0 Å². The minimum Gasteiger partial charge on any atom is -0.311 e. The first-order valence-electron chi connectivity index (χ1n) is 8.09. The highest BCUT2D eigenvalue weighted by Gasteiger charge is 2.30. The van der Waals surface area contributed by atoms with E-state index in [2.05, 4.69) is 55.4 Å². The van der Waals surface area contributed by atoms with Crippen LogP contribution in [0.5, 0.6) is 0 Å². The van der Waals surface area contributed by atoms with Crippen LogP contribution in [0.1, 0.15) is 16.7 Å². The molecule has 0 aliphatic carbocycles. The quantitative estimate of drug-likeness (QED) is 0.364. The summed E-state index contributed by atoms with van der Waals surface area (Å²) in [5.74, 6) is 0.0242. The van der Waals surface area contributed by atoms with Crippen molar-refractivity contribution in [2.75, 3.05) is 11.9 Å². The third-order valence-corrected chi connectivity index (χ3v) is 7.17. The number of amides is 1. The number of benzene rings is 2. The Morgan fingerprint density at radius 3 is 2.46 bits per heavy atom. The number of likely N-dealkylation sites (N-methyl/N-ethyl adjacent to an activating group) is 1.